The van der Waals surface area contributed by atoms with Crippen LogP contribution in [0.2, 0.25) is 0 Å². The standard InChI is InChI=1S/C22H20F4O2Si/c1-2-16-27-29(17-10-5-3-6-11-17,18-12-7-4-8-13-18)28-20-15-9-14-19(21(20)23)22(24,25)26/h3-15H,2,16H2,1H3. The second-order valence-electron chi connectivity index (χ2n) is 6.41. The molecule has 0 aliphatic carbocycles. The van der Waals surface area contributed by atoms with E-state index in [9.17, 15) is 17.6 Å². The Morgan fingerprint density at radius 1 is 0.793 bits per heavy atom. The van der Waals surface area contributed by atoms with Gasteiger partial charge in [0.25, 0.3) is 0 Å². The first-order chi connectivity index (χ1) is 13.9. The van der Waals surface area contributed by atoms with E-state index < -0.39 is 31.9 Å². The molecule has 2 nitrogen and oxygen atoms in total. The molecule has 7 heteroatoms. The fraction of sp³-hybridized carbons (Fsp3) is 0.182. The number of halogens is 4. The molecule has 0 heterocycles. The lowest BCUT2D eigenvalue weighted by atomic mass is 10.2. The molecule has 0 atom stereocenters. The molecule has 0 N–H and O–H groups in total. The lowest BCUT2D eigenvalue weighted by Gasteiger charge is -2.32. The molecule has 0 fully saturated rings. The van der Waals surface area contributed by atoms with Crippen molar-refractivity contribution >= 4 is 18.9 Å². The van der Waals surface area contributed by atoms with Gasteiger partial charge in [-0.1, -0.05) is 73.7 Å². The van der Waals surface area contributed by atoms with Crippen LogP contribution in [-0.4, -0.2) is 15.2 Å². The highest BCUT2D eigenvalue weighted by Gasteiger charge is 2.46. The molecule has 0 radical (unpaired) electrons. The molecular weight excluding hydrogens is 400 g/mol. The first kappa shape index (κ1) is 21.1. The predicted molar refractivity (Wildman–Crippen MR) is 106 cm³/mol. The minimum atomic E-state index is -4.82. The van der Waals surface area contributed by atoms with Gasteiger partial charge in [-0.3, -0.25) is 0 Å². The average molecular weight is 420 g/mol. The van der Waals surface area contributed by atoms with Crippen LogP contribution in [-0.2, 0) is 10.6 Å². The second kappa shape index (κ2) is 8.80. The van der Waals surface area contributed by atoms with E-state index in [1.165, 1.54) is 6.07 Å². The number of hydrogen-bond acceptors (Lipinski definition) is 2. The van der Waals surface area contributed by atoms with Gasteiger partial charge in [0.1, 0.15) is 5.75 Å². The molecular formula is C22H20F4O2Si. The fourth-order valence-electron chi connectivity index (χ4n) is 3.00. The molecule has 3 aromatic carbocycles. The Labute approximate surface area is 168 Å². The largest absolute Gasteiger partial charge is 0.511 e. The lowest BCUT2D eigenvalue weighted by Crippen LogP contribution is -2.66. The third-order valence-electron chi connectivity index (χ3n) is 4.34. The lowest BCUT2D eigenvalue weighted by molar-refractivity contribution is -0.140. The van der Waals surface area contributed by atoms with E-state index >= 15 is 0 Å². The van der Waals surface area contributed by atoms with Crippen LogP contribution in [0.3, 0.4) is 0 Å². The average Bonchev–Trinajstić information content (AvgIpc) is 2.73. The molecule has 0 aliphatic heterocycles. The SMILES string of the molecule is CCCO[Si](Oc1cccc(C(F)(F)F)c1F)(c1ccccc1)c1ccccc1. The van der Waals surface area contributed by atoms with E-state index in [1.54, 1.807) is 48.5 Å². The van der Waals surface area contributed by atoms with Crippen molar-refractivity contribution in [3.05, 3.63) is 90.2 Å². The van der Waals surface area contributed by atoms with Crippen LogP contribution in [0.4, 0.5) is 17.6 Å². The van der Waals surface area contributed by atoms with Crippen molar-refractivity contribution in [1.29, 1.82) is 0 Å². The topological polar surface area (TPSA) is 18.5 Å². The maximum Gasteiger partial charge on any atom is 0.468 e. The van der Waals surface area contributed by atoms with Crippen molar-refractivity contribution in [3.8, 4) is 5.75 Å². The third kappa shape index (κ3) is 4.51. The van der Waals surface area contributed by atoms with Crippen LogP contribution in [0.25, 0.3) is 0 Å². The molecule has 0 bridgehead atoms. The maximum atomic E-state index is 14.8. The first-order valence-electron chi connectivity index (χ1n) is 9.18. The summed E-state index contributed by atoms with van der Waals surface area (Å²) in [5.41, 5.74) is -1.37. The Balaban J connectivity index is 2.19. The van der Waals surface area contributed by atoms with Gasteiger partial charge in [0.2, 0.25) is 0 Å². The van der Waals surface area contributed by atoms with Gasteiger partial charge in [0.15, 0.2) is 5.82 Å². The number of hydrogen-bond donors (Lipinski definition) is 0. The Bertz CT molecular complexity index is 891. The molecule has 0 aliphatic rings. The molecule has 0 aromatic heterocycles. The zero-order chi connectivity index (χ0) is 20.9. The number of rotatable bonds is 7. The summed E-state index contributed by atoms with van der Waals surface area (Å²) in [4.78, 5) is 0. The van der Waals surface area contributed by atoms with Crippen molar-refractivity contribution in [1.82, 2.24) is 0 Å². The molecule has 3 aromatic rings. The van der Waals surface area contributed by atoms with Crippen LogP contribution in [0, 0.1) is 5.82 Å². The first-order valence-corrected chi connectivity index (χ1v) is 11.0. The molecule has 3 rings (SSSR count). The van der Waals surface area contributed by atoms with Gasteiger partial charge in [-0.25, -0.2) is 4.39 Å². The van der Waals surface area contributed by atoms with Crippen molar-refractivity contribution < 1.29 is 26.4 Å². The zero-order valence-electron chi connectivity index (χ0n) is 15.7. The quantitative estimate of drug-likeness (QED) is 0.400. The highest BCUT2D eigenvalue weighted by Crippen LogP contribution is 2.35. The van der Waals surface area contributed by atoms with Crippen molar-refractivity contribution in [3.63, 3.8) is 0 Å². The normalized spacial score (nSPS) is 12.0. The summed E-state index contributed by atoms with van der Waals surface area (Å²) in [7, 11) is -3.53. The monoisotopic (exact) mass is 420 g/mol. The van der Waals surface area contributed by atoms with Crippen LogP contribution < -0.4 is 14.8 Å². The van der Waals surface area contributed by atoms with E-state index in [0.29, 0.717) is 29.5 Å². The summed E-state index contributed by atoms with van der Waals surface area (Å²) < 4.78 is 66.6. The van der Waals surface area contributed by atoms with Gasteiger partial charge in [-0.05, 0) is 18.6 Å². The molecule has 0 saturated carbocycles. The summed E-state index contributed by atoms with van der Waals surface area (Å²) in [5, 5.41) is 1.35. The summed E-state index contributed by atoms with van der Waals surface area (Å²) in [6.07, 6.45) is -4.15. The second-order valence-corrected chi connectivity index (χ2v) is 9.30. The van der Waals surface area contributed by atoms with Crippen LogP contribution in [0.5, 0.6) is 5.75 Å². The minimum Gasteiger partial charge on any atom is -0.511 e. The van der Waals surface area contributed by atoms with Gasteiger partial charge < -0.3 is 8.85 Å². The molecule has 0 spiro atoms. The van der Waals surface area contributed by atoms with E-state index in [1.807, 2.05) is 19.1 Å². The summed E-state index contributed by atoms with van der Waals surface area (Å²) >= 11 is 0. The van der Waals surface area contributed by atoms with Gasteiger partial charge >= 0.3 is 14.7 Å². The van der Waals surface area contributed by atoms with Crippen LogP contribution in [0.15, 0.2) is 78.9 Å². The summed E-state index contributed by atoms with van der Waals surface area (Å²) in [6, 6.07) is 21.0. The zero-order valence-corrected chi connectivity index (χ0v) is 16.7. The van der Waals surface area contributed by atoms with E-state index in [-0.39, 0.29) is 0 Å². The Hall–Kier alpha value is -2.64. The fourth-order valence-corrected chi connectivity index (χ4v) is 6.19. The third-order valence-corrected chi connectivity index (χ3v) is 7.64. The van der Waals surface area contributed by atoms with Crippen molar-refractivity contribution in [2.24, 2.45) is 0 Å². The number of alkyl halides is 3. The van der Waals surface area contributed by atoms with E-state index in [2.05, 4.69) is 0 Å². The van der Waals surface area contributed by atoms with Crippen molar-refractivity contribution in [2.45, 2.75) is 19.5 Å². The summed E-state index contributed by atoms with van der Waals surface area (Å²) in [6.45, 7) is 2.23. The molecule has 0 unspecified atom stereocenters. The molecule has 0 saturated heterocycles. The minimum absolute atomic E-state index is 0.316. The Morgan fingerprint density at radius 3 is 1.83 bits per heavy atom. The van der Waals surface area contributed by atoms with E-state index in [0.717, 1.165) is 6.07 Å². The van der Waals surface area contributed by atoms with Crippen LogP contribution >= 0.6 is 0 Å². The van der Waals surface area contributed by atoms with Gasteiger partial charge in [-0.2, -0.15) is 13.2 Å². The highest BCUT2D eigenvalue weighted by molar-refractivity contribution is 6.93. The van der Waals surface area contributed by atoms with Crippen molar-refractivity contribution in [2.75, 3.05) is 6.61 Å². The molecule has 0 amide bonds. The Morgan fingerprint density at radius 2 is 1.34 bits per heavy atom. The van der Waals surface area contributed by atoms with Gasteiger partial charge in [0, 0.05) is 17.0 Å². The molecule has 29 heavy (non-hydrogen) atoms. The number of benzene rings is 3. The smallest absolute Gasteiger partial charge is 0.468 e. The Kier molecular flexibility index (Phi) is 6.39. The molecule has 152 valence electrons. The maximum absolute atomic E-state index is 14.8. The predicted octanol–water partition coefficient (Wildman–Crippen LogP) is 4.91. The van der Waals surface area contributed by atoms with E-state index in [4.69, 9.17) is 8.85 Å². The summed E-state index contributed by atoms with van der Waals surface area (Å²) in [5.74, 6) is -1.92. The van der Waals surface area contributed by atoms with Crippen LogP contribution in [0.1, 0.15) is 18.9 Å². The van der Waals surface area contributed by atoms with Gasteiger partial charge in [-0.15, -0.1) is 0 Å². The van der Waals surface area contributed by atoms with Gasteiger partial charge in [0.05, 0.1) is 5.56 Å². The highest BCUT2D eigenvalue weighted by atomic mass is 28.4.